The zero-order chi connectivity index (χ0) is 16.3. The van der Waals surface area contributed by atoms with Gasteiger partial charge in [-0.25, -0.2) is 0 Å². The van der Waals surface area contributed by atoms with Crippen molar-refractivity contribution in [1.29, 1.82) is 0 Å². The van der Waals surface area contributed by atoms with Gasteiger partial charge in [0.1, 0.15) is 6.23 Å². The van der Waals surface area contributed by atoms with E-state index < -0.39 is 6.23 Å². The van der Waals surface area contributed by atoms with E-state index in [0.717, 1.165) is 45.2 Å². The minimum atomic E-state index is -0.672. The summed E-state index contributed by atoms with van der Waals surface area (Å²) in [5.74, 6) is 0.0634. The molecule has 0 aliphatic carbocycles. The van der Waals surface area contributed by atoms with Crippen LogP contribution in [-0.2, 0) is 4.79 Å². The van der Waals surface area contributed by atoms with Gasteiger partial charge in [-0.2, -0.15) is 0 Å². The lowest BCUT2D eigenvalue weighted by Crippen LogP contribution is -2.48. The Hall–Kier alpha value is -0.610. The molecule has 0 aromatic heterocycles. The molecular weight excluding hydrogens is 264 g/mol. The highest BCUT2D eigenvalue weighted by atomic mass is 16.3. The number of nitrogens with zero attached hydrogens (tertiary/aromatic N) is 1. The monoisotopic (exact) mass is 300 g/mol. The van der Waals surface area contributed by atoms with Gasteiger partial charge in [-0.1, -0.05) is 41.0 Å². The van der Waals surface area contributed by atoms with Gasteiger partial charge in [0.25, 0.3) is 0 Å². The Morgan fingerprint density at radius 2 is 1.67 bits per heavy atom. The molecule has 0 aliphatic heterocycles. The lowest BCUT2D eigenvalue weighted by Gasteiger charge is -2.33. The highest BCUT2D eigenvalue weighted by Crippen LogP contribution is 2.19. The number of unbranched alkanes of at least 4 members (excludes halogenated alkanes) is 1. The van der Waals surface area contributed by atoms with Gasteiger partial charge >= 0.3 is 0 Å². The molecule has 4 nitrogen and oxygen atoms in total. The van der Waals surface area contributed by atoms with Gasteiger partial charge in [0.2, 0.25) is 5.91 Å². The topological polar surface area (TPSA) is 52.6 Å². The summed E-state index contributed by atoms with van der Waals surface area (Å²) in [6, 6.07) is 0. The SMILES string of the molecule is CCCCNC(=O)C(CC(C)C)C(O)N(CCC)CCC. The van der Waals surface area contributed by atoms with Crippen molar-refractivity contribution in [1.82, 2.24) is 10.2 Å². The number of hydrogen-bond acceptors (Lipinski definition) is 3. The van der Waals surface area contributed by atoms with Gasteiger partial charge in [0.15, 0.2) is 0 Å². The van der Waals surface area contributed by atoms with E-state index >= 15 is 0 Å². The van der Waals surface area contributed by atoms with E-state index in [1.165, 1.54) is 0 Å². The molecule has 0 fully saturated rings. The molecule has 0 rings (SSSR count). The number of amides is 1. The minimum absolute atomic E-state index is 0.00172. The molecule has 0 aromatic rings. The Morgan fingerprint density at radius 3 is 2.10 bits per heavy atom. The average Bonchev–Trinajstić information content (AvgIpc) is 2.43. The maximum Gasteiger partial charge on any atom is 0.227 e. The molecule has 0 aliphatic rings. The first-order valence-electron chi connectivity index (χ1n) is 8.67. The minimum Gasteiger partial charge on any atom is -0.378 e. The van der Waals surface area contributed by atoms with Crippen molar-refractivity contribution in [2.24, 2.45) is 11.8 Å². The van der Waals surface area contributed by atoms with E-state index in [2.05, 4.69) is 39.9 Å². The molecule has 2 unspecified atom stereocenters. The highest BCUT2D eigenvalue weighted by molar-refractivity contribution is 5.79. The molecule has 4 heteroatoms. The van der Waals surface area contributed by atoms with E-state index in [0.29, 0.717) is 12.5 Å². The van der Waals surface area contributed by atoms with Crippen molar-refractivity contribution >= 4 is 5.91 Å². The molecule has 1 amide bonds. The summed E-state index contributed by atoms with van der Waals surface area (Å²) in [6.45, 7) is 12.9. The summed E-state index contributed by atoms with van der Waals surface area (Å²) in [4.78, 5) is 14.5. The third kappa shape index (κ3) is 8.42. The third-order valence-electron chi connectivity index (χ3n) is 3.65. The van der Waals surface area contributed by atoms with E-state index in [1.54, 1.807) is 0 Å². The van der Waals surface area contributed by atoms with Crippen molar-refractivity contribution in [2.45, 2.75) is 73.0 Å². The maximum absolute atomic E-state index is 12.4. The number of carbonyl (C=O) groups excluding carboxylic acids is 1. The van der Waals surface area contributed by atoms with E-state index in [-0.39, 0.29) is 11.8 Å². The van der Waals surface area contributed by atoms with Crippen molar-refractivity contribution < 1.29 is 9.90 Å². The molecular formula is C17H36N2O2. The number of carbonyl (C=O) groups is 1. The van der Waals surface area contributed by atoms with Crippen LogP contribution in [0, 0.1) is 11.8 Å². The number of aliphatic hydroxyl groups excluding tert-OH is 1. The van der Waals surface area contributed by atoms with Crippen LogP contribution in [0.25, 0.3) is 0 Å². The van der Waals surface area contributed by atoms with Crippen molar-refractivity contribution in [2.75, 3.05) is 19.6 Å². The molecule has 0 radical (unpaired) electrons. The summed E-state index contributed by atoms with van der Waals surface area (Å²) >= 11 is 0. The van der Waals surface area contributed by atoms with Gasteiger partial charge in [0.05, 0.1) is 5.92 Å². The number of aliphatic hydroxyl groups is 1. The van der Waals surface area contributed by atoms with E-state index in [9.17, 15) is 9.90 Å². The van der Waals surface area contributed by atoms with Crippen molar-refractivity contribution in [3.8, 4) is 0 Å². The first-order chi connectivity index (χ1) is 9.97. The Balaban J connectivity index is 4.79. The Morgan fingerprint density at radius 1 is 1.10 bits per heavy atom. The fourth-order valence-corrected chi connectivity index (χ4v) is 2.60. The van der Waals surface area contributed by atoms with Crippen LogP contribution in [0.2, 0.25) is 0 Å². The first kappa shape index (κ1) is 20.4. The van der Waals surface area contributed by atoms with Crippen LogP contribution >= 0.6 is 0 Å². The molecule has 0 saturated heterocycles. The fourth-order valence-electron chi connectivity index (χ4n) is 2.60. The molecule has 2 N–H and O–H groups in total. The fraction of sp³-hybridized carbons (Fsp3) is 0.941. The van der Waals surface area contributed by atoms with E-state index in [1.807, 2.05) is 4.90 Å². The lowest BCUT2D eigenvalue weighted by atomic mass is 9.93. The molecule has 2 atom stereocenters. The lowest BCUT2D eigenvalue weighted by molar-refractivity contribution is -0.136. The van der Waals surface area contributed by atoms with Gasteiger partial charge < -0.3 is 10.4 Å². The van der Waals surface area contributed by atoms with E-state index in [4.69, 9.17) is 0 Å². The predicted molar refractivity (Wildman–Crippen MR) is 89.0 cm³/mol. The standard InChI is InChI=1S/C17H36N2O2/c1-6-9-10-18-16(20)15(13-14(4)5)17(21)19(11-7-2)12-8-3/h14-15,17,21H,6-13H2,1-5H3,(H,18,20). The summed E-state index contributed by atoms with van der Waals surface area (Å²) in [5.41, 5.74) is 0. The molecule has 126 valence electrons. The Labute approximate surface area is 131 Å². The summed E-state index contributed by atoms with van der Waals surface area (Å²) < 4.78 is 0. The zero-order valence-corrected chi connectivity index (χ0v) is 14.7. The van der Waals surface area contributed by atoms with Crippen molar-refractivity contribution in [3.63, 3.8) is 0 Å². The van der Waals surface area contributed by atoms with Crippen LogP contribution in [0.1, 0.15) is 66.7 Å². The molecule has 0 heterocycles. The van der Waals surface area contributed by atoms with Gasteiger partial charge in [0, 0.05) is 19.6 Å². The molecule has 0 aromatic carbocycles. The molecule has 0 spiro atoms. The van der Waals surface area contributed by atoms with Gasteiger partial charge in [-0.3, -0.25) is 9.69 Å². The largest absolute Gasteiger partial charge is 0.378 e. The number of hydrogen-bond donors (Lipinski definition) is 2. The third-order valence-corrected chi connectivity index (χ3v) is 3.65. The predicted octanol–water partition coefficient (Wildman–Crippen LogP) is 3.01. The second-order valence-electron chi connectivity index (χ2n) is 6.33. The summed E-state index contributed by atoms with van der Waals surface area (Å²) in [5, 5.41) is 13.7. The Bertz CT molecular complexity index is 264. The first-order valence-corrected chi connectivity index (χ1v) is 8.67. The zero-order valence-electron chi connectivity index (χ0n) is 14.7. The van der Waals surface area contributed by atoms with Crippen molar-refractivity contribution in [3.05, 3.63) is 0 Å². The summed E-state index contributed by atoms with van der Waals surface area (Å²) in [6.07, 6.45) is 4.09. The smallest absolute Gasteiger partial charge is 0.227 e. The van der Waals surface area contributed by atoms with Crippen LogP contribution in [0.3, 0.4) is 0 Å². The molecule has 0 bridgehead atoms. The van der Waals surface area contributed by atoms with Gasteiger partial charge in [-0.05, 0) is 31.6 Å². The quantitative estimate of drug-likeness (QED) is 0.430. The van der Waals surface area contributed by atoms with Crippen LogP contribution in [0.5, 0.6) is 0 Å². The number of rotatable bonds is 12. The van der Waals surface area contributed by atoms with Gasteiger partial charge in [-0.15, -0.1) is 0 Å². The summed E-state index contributed by atoms with van der Waals surface area (Å²) in [7, 11) is 0. The highest BCUT2D eigenvalue weighted by Gasteiger charge is 2.31. The normalized spacial score (nSPS) is 14.5. The molecule has 0 saturated carbocycles. The second-order valence-corrected chi connectivity index (χ2v) is 6.33. The van der Waals surface area contributed by atoms with Crippen LogP contribution in [-0.4, -0.2) is 41.8 Å². The average molecular weight is 300 g/mol. The Kier molecular flexibility index (Phi) is 11.6. The number of nitrogens with one attached hydrogen (secondary N) is 1. The second kappa shape index (κ2) is 12.0. The van der Waals surface area contributed by atoms with Crippen LogP contribution in [0.4, 0.5) is 0 Å². The van der Waals surface area contributed by atoms with Crippen LogP contribution < -0.4 is 5.32 Å². The maximum atomic E-state index is 12.4. The molecule has 21 heavy (non-hydrogen) atoms. The van der Waals surface area contributed by atoms with Crippen LogP contribution in [0.15, 0.2) is 0 Å².